The summed E-state index contributed by atoms with van der Waals surface area (Å²) in [7, 11) is 7.71. The molecule has 0 saturated carbocycles. The Kier molecular flexibility index (Phi) is 7.32. The highest BCUT2D eigenvalue weighted by molar-refractivity contribution is 6.01. The van der Waals surface area contributed by atoms with Crippen molar-refractivity contribution in [3.63, 3.8) is 0 Å². The Bertz CT molecular complexity index is 818. The zero-order valence-corrected chi connectivity index (χ0v) is 16.9. The molecule has 150 valence electrons. The van der Waals surface area contributed by atoms with E-state index in [4.69, 9.17) is 23.7 Å². The summed E-state index contributed by atoms with van der Waals surface area (Å²) in [6, 6.07) is 8.68. The summed E-state index contributed by atoms with van der Waals surface area (Å²) in [4.78, 5) is 13.3. The van der Waals surface area contributed by atoms with Crippen molar-refractivity contribution in [3.05, 3.63) is 54.1 Å². The number of Topliss-reactive ketones (excluding diaryl/α,β-unsaturated/α-hetero) is 1. The van der Waals surface area contributed by atoms with Crippen molar-refractivity contribution in [2.75, 3.05) is 35.5 Å². The van der Waals surface area contributed by atoms with E-state index < -0.39 is 5.92 Å². The maximum absolute atomic E-state index is 13.3. The lowest BCUT2D eigenvalue weighted by atomic mass is 9.87. The van der Waals surface area contributed by atoms with Gasteiger partial charge in [-0.05, 0) is 42.3 Å². The van der Waals surface area contributed by atoms with E-state index in [9.17, 15) is 4.79 Å². The van der Waals surface area contributed by atoms with E-state index >= 15 is 0 Å². The molecular weight excluding hydrogens is 360 g/mol. The normalized spacial score (nSPS) is 11.3. The molecule has 6 heteroatoms. The summed E-state index contributed by atoms with van der Waals surface area (Å²) < 4.78 is 26.8. The van der Waals surface area contributed by atoms with Crippen molar-refractivity contribution in [3.8, 4) is 28.7 Å². The number of carbonyl (C=O) groups is 1. The van der Waals surface area contributed by atoms with Gasteiger partial charge in [0.05, 0.1) is 41.5 Å². The van der Waals surface area contributed by atoms with Crippen LogP contribution in [0.25, 0.3) is 0 Å². The van der Waals surface area contributed by atoms with Gasteiger partial charge in [0, 0.05) is 5.56 Å². The van der Waals surface area contributed by atoms with E-state index in [-0.39, 0.29) is 5.78 Å². The zero-order valence-electron chi connectivity index (χ0n) is 16.9. The van der Waals surface area contributed by atoms with Gasteiger partial charge in [-0.25, -0.2) is 0 Å². The van der Waals surface area contributed by atoms with Crippen molar-refractivity contribution in [2.24, 2.45) is 0 Å². The fourth-order valence-electron chi connectivity index (χ4n) is 3.05. The minimum Gasteiger partial charge on any atom is -0.493 e. The van der Waals surface area contributed by atoms with Gasteiger partial charge >= 0.3 is 0 Å². The topological polar surface area (TPSA) is 63.2 Å². The summed E-state index contributed by atoms with van der Waals surface area (Å²) >= 11 is 0. The Morgan fingerprint density at radius 3 is 1.89 bits per heavy atom. The summed E-state index contributed by atoms with van der Waals surface area (Å²) in [5, 5.41) is 0. The van der Waals surface area contributed by atoms with Crippen LogP contribution < -0.4 is 23.7 Å². The van der Waals surface area contributed by atoms with Gasteiger partial charge < -0.3 is 23.7 Å². The number of hydrogen-bond donors (Lipinski definition) is 0. The molecule has 0 fully saturated rings. The quantitative estimate of drug-likeness (QED) is 0.449. The monoisotopic (exact) mass is 386 g/mol. The average Bonchev–Trinajstić information content (AvgIpc) is 2.75. The molecule has 0 aliphatic rings. The average molecular weight is 386 g/mol. The maximum atomic E-state index is 13.3. The number of ketones is 1. The number of ether oxygens (including phenoxy) is 5. The van der Waals surface area contributed by atoms with Gasteiger partial charge in [-0.3, -0.25) is 4.79 Å². The second-order valence-corrected chi connectivity index (χ2v) is 5.97. The molecule has 0 bridgehead atoms. The fourth-order valence-corrected chi connectivity index (χ4v) is 3.05. The Balaban J connectivity index is 2.53. The maximum Gasteiger partial charge on any atom is 0.203 e. The third kappa shape index (κ3) is 4.22. The highest BCUT2D eigenvalue weighted by Gasteiger charge is 2.25. The third-order valence-corrected chi connectivity index (χ3v) is 4.48. The molecule has 0 heterocycles. The summed E-state index contributed by atoms with van der Waals surface area (Å²) in [6.07, 6.45) is 2.17. The van der Waals surface area contributed by atoms with Crippen molar-refractivity contribution in [2.45, 2.75) is 12.3 Å². The van der Waals surface area contributed by atoms with E-state index in [1.165, 1.54) is 14.2 Å². The summed E-state index contributed by atoms with van der Waals surface area (Å²) in [5.74, 6) is 1.98. The molecule has 28 heavy (non-hydrogen) atoms. The Morgan fingerprint density at radius 2 is 1.43 bits per heavy atom. The lowest BCUT2D eigenvalue weighted by Crippen LogP contribution is -2.13. The first kappa shape index (κ1) is 21.2. The van der Waals surface area contributed by atoms with E-state index in [1.54, 1.807) is 57.7 Å². The molecule has 0 unspecified atom stereocenters. The van der Waals surface area contributed by atoms with Gasteiger partial charge in [0.1, 0.15) is 0 Å². The predicted octanol–water partition coefficient (Wildman–Crippen LogP) is 4.27. The number of carbonyl (C=O) groups excluding carboxylic acids is 1. The van der Waals surface area contributed by atoms with Crippen LogP contribution in [0, 0.1) is 0 Å². The van der Waals surface area contributed by atoms with Gasteiger partial charge in [-0.1, -0.05) is 6.08 Å². The van der Waals surface area contributed by atoms with Crippen LogP contribution in [0.15, 0.2) is 43.0 Å². The van der Waals surface area contributed by atoms with Crippen LogP contribution in [0.5, 0.6) is 28.7 Å². The molecule has 0 saturated heterocycles. The molecule has 0 spiro atoms. The van der Waals surface area contributed by atoms with E-state index in [2.05, 4.69) is 6.58 Å². The second-order valence-electron chi connectivity index (χ2n) is 5.97. The minimum absolute atomic E-state index is 0.0740. The molecule has 0 aliphatic carbocycles. The second kappa shape index (κ2) is 9.69. The third-order valence-electron chi connectivity index (χ3n) is 4.48. The van der Waals surface area contributed by atoms with Crippen LogP contribution >= 0.6 is 0 Å². The van der Waals surface area contributed by atoms with Crippen LogP contribution in [0.4, 0.5) is 0 Å². The van der Waals surface area contributed by atoms with Gasteiger partial charge in [0.15, 0.2) is 28.8 Å². The first-order valence-electron chi connectivity index (χ1n) is 8.71. The van der Waals surface area contributed by atoms with Crippen molar-refractivity contribution < 1.29 is 28.5 Å². The smallest absolute Gasteiger partial charge is 0.203 e. The molecule has 0 aromatic heterocycles. The lowest BCUT2D eigenvalue weighted by Gasteiger charge is -2.19. The van der Waals surface area contributed by atoms with Gasteiger partial charge in [0.25, 0.3) is 0 Å². The molecule has 2 aromatic rings. The van der Waals surface area contributed by atoms with Crippen LogP contribution in [0.3, 0.4) is 0 Å². The van der Waals surface area contributed by atoms with Crippen molar-refractivity contribution in [1.82, 2.24) is 0 Å². The van der Waals surface area contributed by atoms with Gasteiger partial charge in [-0.15, -0.1) is 6.58 Å². The minimum atomic E-state index is -0.468. The Morgan fingerprint density at radius 1 is 0.857 bits per heavy atom. The first-order valence-corrected chi connectivity index (χ1v) is 8.71. The van der Waals surface area contributed by atoms with Crippen LogP contribution in [-0.2, 0) is 0 Å². The molecule has 1 atom stereocenters. The molecule has 2 rings (SSSR count). The van der Waals surface area contributed by atoms with E-state index in [0.29, 0.717) is 40.7 Å². The molecule has 0 radical (unpaired) electrons. The largest absolute Gasteiger partial charge is 0.493 e. The van der Waals surface area contributed by atoms with E-state index in [0.717, 1.165) is 5.56 Å². The summed E-state index contributed by atoms with van der Waals surface area (Å²) in [5.41, 5.74) is 1.26. The fraction of sp³-hybridized carbons (Fsp3) is 0.318. The first-order chi connectivity index (χ1) is 13.5. The Labute approximate surface area is 165 Å². The lowest BCUT2D eigenvalue weighted by molar-refractivity contribution is 0.0959. The zero-order chi connectivity index (χ0) is 20.7. The van der Waals surface area contributed by atoms with Crippen LogP contribution in [-0.4, -0.2) is 41.3 Å². The van der Waals surface area contributed by atoms with Crippen molar-refractivity contribution >= 4 is 5.78 Å². The number of methoxy groups -OCH3 is 5. The number of benzene rings is 2. The molecule has 0 aliphatic heterocycles. The molecular formula is C22H26O6. The van der Waals surface area contributed by atoms with Crippen LogP contribution in [0.2, 0.25) is 0 Å². The van der Waals surface area contributed by atoms with Crippen LogP contribution in [0.1, 0.15) is 28.3 Å². The highest BCUT2D eigenvalue weighted by atomic mass is 16.5. The molecule has 6 nitrogen and oxygen atoms in total. The molecule has 0 amide bonds. The number of rotatable bonds is 10. The Hall–Kier alpha value is -3.15. The number of hydrogen-bond acceptors (Lipinski definition) is 6. The van der Waals surface area contributed by atoms with E-state index in [1.807, 2.05) is 0 Å². The standard InChI is InChI=1S/C22H26O6/c1-7-8-16(15-12-19(26-4)22(28-6)20(13-15)27-5)21(23)14-9-10-17(24-2)18(11-14)25-3/h7,9-13,16H,1,8H2,2-6H3/t16-/m0/s1. The van der Waals surface area contributed by atoms with Gasteiger partial charge in [0.2, 0.25) is 5.75 Å². The highest BCUT2D eigenvalue weighted by Crippen LogP contribution is 2.41. The molecule has 0 N–H and O–H groups in total. The predicted molar refractivity (Wildman–Crippen MR) is 108 cm³/mol. The molecule has 2 aromatic carbocycles. The SMILES string of the molecule is C=CC[C@H](C(=O)c1ccc(OC)c(OC)c1)c1cc(OC)c(OC)c(OC)c1. The number of allylic oxidation sites excluding steroid dienone is 1. The summed E-state index contributed by atoms with van der Waals surface area (Å²) in [6.45, 7) is 3.80. The van der Waals surface area contributed by atoms with Crippen molar-refractivity contribution in [1.29, 1.82) is 0 Å². The van der Waals surface area contributed by atoms with Gasteiger partial charge in [-0.2, -0.15) is 0 Å².